The van der Waals surface area contributed by atoms with Crippen LogP contribution in [0.3, 0.4) is 0 Å². The molecule has 0 aliphatic rings. The number of anilines is 1. The van der Waals surface area contributed by atoms with Gasteiger partial charge in [0.2, 0.25) is 0 Å². The van der Waals surface area contributed by atoms with E-state index >= 15 is 0 Å². The van der Waals surface area contributed by atoms with Gasteiger partial charge >= 0.3 is 0 Å². The highest BCUT2D eigenvalue weighted by Crippen LogP contribution is 2.13. The summed E-state index contributed by atoms with van der Waals surface area (Å²) in [4.78, 5) is 16.6. The molecular formula is C17H21N3O. The molecule has 0 aliphatic heterocycles. The zero-order valence-corrected chi connectivity index (χ0v) is 12.7. The van der Waals surface area contributed by atoms with Crippen LogP contribution in [0, 0.1) is 13.8 Å². The Morgan fingerprint density at radius 2 is 1.81 bits per heavy atom. The fraction of sp³-hybridized carbons (Fsp3) is 0.294. The third-order valence-electron chi connectivity index (χ3n) is 3.26. The van der Waals surface area contributed by atoms with Crippen LogP contribution in [0.1, 0.15) is 34.2 Å². The van der Waals surface area contributed by atoms with Crippen molar-refractivity contribution in [1.82, 2.24) is 10.3 Å². The number of nitrogens with zero attached hydrogens (tertiary/aromatic N) is 1. The minimum Gasteiger partial charge on any atom is -0.322 e. The largest absolute Gasteiger partial charge is 0.322 e. The molecule has 21 heavy (non-hydrogen) atoms. The van der Waals surface area contributed by atoms with Crippen LogP contribution in [0.5, 0.6) is 0 Å². The molecule has 1 amide bonds. The molecule has 0 unspecified atom stereocenters. The Morgan fingerprint density at radius 3 is 2.43 bits per heavy atom. The van der Waals surface area contributed by atoms with Gasteiger partial charge in [0.15, 0.2) is 0 Å². The summed E-state index contributed by atoms with van der Waals surface area (Å²) in [7, 11) is 0. The van der Waals surface area contributed by atoms with Crippen LogP contribution < -0.4 is 10.6 Å². The molecule has 0 atom stereocenters. The van der Waals surface area contributed by atoms with E-state index in [4.69, 9.17) is 0 Å². The zero-order chi connectivity index (χ0) is 15.2. The molecule has 0 bridgehead atoms. The molecule has 1 aromatic carbocycles. The van der Waals surface area contributed by atoms with Gasteiger partial charge in [0, 0.05) is 17.9 Å². The average Bonchev–Trinajstić information content (AvgIpc) is 2.46. The number of benzene rings is 1. The smallest absolute Gasteiger partial charge is 0.257 e. The van der Waals surface area contributed by atoms with Crippen LogP contribution in [0.15, 0.2) is 36.4 Å². The minimum atomic E-state index is -0.126. The lowest BCUT2D eigenvalue weighted by Crippen LogP contribution is -2.15. The molecule has 0 aliphatic carbocycles. The van der Waals surface area contributed by atoms with Crippen LogP contribution >= 0.6 is 0 Å². The predicted octanol–water partition coefficient (Wildman–Crippen LogP) is 3.06. The molecule has 0 spiro atoms. The lowest BCUT2D eigenvalue weighted by molar-refractivity contribution is 0.102. The topological polar surface area (TPSA) is 54.0 Å². The molecule has 4 heteroatoms. The quantitative estimate of drug-likeness (QED) is 0.886. The second-order valence-corrected chi connectivity index (χ2v) is 5.02. The molecule has 4 nitrogen and oxygen atoms in total. The minimum absolute atomic E-state index is 0.126. The van der Waals surface area contributed by atoms with Crippen molar-refractivity contribution in [2.75, 3.05) is 11.9 Å². The molecule has 1 aromatic heterocycles. The van der Waals surface area contributed by atoms with E-state index in [1.165, 1.54) is 5.56 Å². The van der Waals surface area contributed by atoms with Crippen molar-refractivity contribution in [3.63, 3.8) is 0 Å². The van der Waals surface area contributed by atoms with Gasteiger partial charge in [-0.1, -0.05) is 19.1 Å². The zero-order valence-electron chi connectivity index (χ0n) is 12.7. The number of carbonyl (C=O) groups excluding carboxylic acids is 1. The number of amides is 1. The fourth-order valence-electron chi connectivity index (χ4n) is 2.10. The van der Waals surface area contributed by atoms with Crippen molar-refractivity contribution in [2.24, 2.45) is 0 Å². The maximum absolute atomic E-state index is 12.2. The normalized spacial score (nSPS) is 10.4. The number of carbonyl (C=O) groups is 1. The van der Waals surface area contributed by atoms with E-state index in [0.29, 0.717) is 5.56 Å². The third-order valence-corrected chi connectivity index (χ3v) is 3.26. The van der Waals surface area contributed by atoms with Gasteiger partial charge in [-0.2, -0.15) is 0 Å². The van der Waals surface area contributed by atoms with Crippen molar-refractivity contribution in [3.8, 4) is 0 Å². The van der Waals surface area contributed by atoms with E-state index in [-0.39, 0.29) is 5.91 Å². The van der Waals surface area contributed by atoms with Crippen LogP contribution in [0.25, 0.3) is 0 Å². The third kappa shape index (κ3) is 4.13. The fourth-order valence-corrected chi connectivity index (χ4v) is 2.10. The van der Waals surface area contributed by atoms with E-state index in [0.717, 1.165) is 30.2 Å². The first kappa shape index (κ1) is 15.2. The Balaban J connectivity index is 2.05. The molecule has 0 saturated carbocycles. The number of hydrogen-bond donors (Lipinski definition) is 2. The van der Waals surface area contributed by atoms with E-state index < -0.39 is 0 Å². The summed E-state index contributed by atoms with van der Waals surface area (Å²) in [5.74, 6) is -0.126. The number of hydrogen-bond acceptors (Lipinski definition) is 3. The van der Waals surface area contributed by atoms with E-state index in [1.54, 1.807) is 0 Å². The van der Waals surface area contributed by atoms with E-state index in [1.807, 2.05) is 50.2 Å². The number of aryl methyl sites for hydroxylation is 2. The molecule has 0 saturated heterocycles. The first-order chi connectivity index (χ1) is 10.1. The Kier molecular flexibility index (Phi) is 5.06. The molecule has 2 N–H and O–H groups in total. The van der Waals surface area contributed by atoms with Gasteiger partial charge in [0.05, 0.1) is 11.3 Å². The van der Waals surface area contributed by atoms with Crippen LogP contribution in [0.2, 0.25) is 0 Å². The first-order valence-corrected chi connectivity index (χ1v) is 7.15. The Labute approximate surface area is 125 Å². The summed E-state index contributed by atoms with van der Waals surface area (Å²) in [6.45, 7) is 7.62. The Bertz CT molecular complexity index is 620. The average molecular weight is 283 g/mol. The SMILES string of the molecule is CCNCc1ccc(NC(=O)c2ccc(C)nc2C)cc1. The maximum atomic E-state index is 12.2. The summed E-state index contributed by atoms with van der Waals surface area (Å²) in [6.07, 6.45) is 0. The summed E-state index contributed by atoms with van der Waals surface area (Å²) >= 11 is 0. The van der Waals surface area contributed by atoms with Crippen LogP contribution in [-0.2, 0) is 6.54 Å². The maximum Gasteiger partial charge on any atom is 0.257 e. The molecule has 0 fully saturated rings. The van der Waals surface area contributed by atoms with Gasteiger partial charge in [-0.05, 0) is 50.2 Å². The van der Waals surface area contributed by atoms with Crippen molar-refractivity contribution in [3.05, 3.63) is 58.9 Å². The van der Waals surface area contributed by atoms with Crippen LogP contribution in [-0.4, -0.2) is 17.4 Å². The van der Waals surface area contributed by atoms with Crippen molar-refractivity contribution < 1.29 is 4.79 Å². The lowest BCUT2D eigenvalue weighted by atomic mass is 10.1. The van der Waals surface area contributed by atoms with Gasteiger partial charge in [0.1, 0.15) is 0 Å². The summed E-state index contributed by atoms with van der Waals surface area (Å²) in [5.41, 5.74) is 4.26. The van der Waals surface area contributed by atoms with Gasteiger partial charge in [-0.15, -0.1) is 0 Å². The number of rotatable bonds is 5. The highest BCUT2D eigenvalue weighted by Gasteiger charge is 2.10. The molecule has 2 rings (SSSR count). The second-order valence-electron chi connectivity index (χ2n) is 5.02. The van der Waals surface area contributed by atoms with Crippen LogP contribution in [0.4, 0.5) is 5.69 Å². The number of pyridine rings is 1. The lowest BCUT2D eigenvalue weighted by Gasteiger charge is -2.09. The standard InChI is InChI=1S/C17H21N3O/c1-4-18-11-14-6-8-15(9-7-14)20-17(21)16-10-5-12(2)19-13(16)3/h5-10,18H,4,11H2,1-3H3,(H,20,21). The van der Waals surface area contributed by atoms with Crippen molar-refractivity contribution in [2.45, 2.75) is 27.3 Å². The first-order valence-electron chi connectivity index (χ1n) is 7.15. The highest BCUT2D eigenvalue weighted by molar-refractivity contribution is 6.04. The monoisotopic (exact) mass is 283 g/mol. The van der Waals surface area contributed by atoms with Gasteiger partial charge in [0.25, 0.3) is 5.91 Å². The van der Waals surface area contributed by atoms with Gasteiger partial charge in [-0.3, -0.25) is 9.78 Å². The summed E-state index contributed by atoms with van der Waals surface area (Å²) < 4.78 is 0. The molecule has 2 aromatic rings. The number of nitrogens with one attached hydrogen (secondary N) is 2. The van der Waals surface area contributed by atoms with Gasteiger partial charge in [-0.25, -0.2) is 0 Å². The number of aromatic nitrogens is 1. The predicted molar refractivity (Wildman–Crippen MR) is 85.5 cm³/mol. The molecule has 0 radical (unpaired) electrons. The summed E-state index contributed by atoms with van der Waals surface area (Å²) in [5, 5.41) is 6.17. The Morgan fingerprint density at radius 1 is 1.10 bits per heavy atom. The molecule has 110 valence electrons. The van der Waals surface area contributed by atoms with E-state index in [2.05, 4.69) is 22.5 Å². The van der Waals surface area contributed by atoms with Crippen molar-refractivity contribution >= 4 is 11.6 Å². The molecule has 1 heterocycles. The Hall–Kier alpha value is -2.20. The summed E-state index contributed by atoms with van der Waals surface area (Å²) in [6, 6.07) is 11.5. The highest BCUT2D eigenvalue weighted by atomic mass is 16.1. The molecular weight excluding hydrogens is 262 g/mol. The van der Waals surface area contributed by atoms with Gasteiger partial charge < -0.3 is 10.6 Å². The van der Waals surface area contributed by atoms with Crippen molar-refractivity contribution in [1.29, 1.82) is 0 Å². The van der Waals surface area contributed by atoms with E-state index in [9.17, 15) is 4.79 Å². The second kappa shape index (κ2) is 6.99.